The van der Waals surface area contributed by atoms with E-state index in [1.165, 1.54) is 0 Å². The molecule has 0 heterocycles. The van der Waals surface area contributed by atoms with Gasteiger partial charge in [-0.25, -0.2) is 4.39 Å². The van der Waals surface area contributed by atoms with Crippen molar-refractivity contribution >= 4 is 5.97 Å². The van der Waals surface area contributed by atoms with Gasteiger partial charge in [-0.1, -0.05) is 0 Å². The van der Waals surface area contributed by atoms with E-state index < -0.39 is 18.7 Å². The summed E-state index contributed by atoms with van der Waals surface area (Å²) in [6.07, 6.45) is 0. The van der Waals surface area contributed by atoms with Gasteiger partial charge in [-0.15, -0.1) is 0 Å². The number of rotatable bonds is 2. The van der Waals surface area contributed by atoms with Crippen LogP contribution in [0, 0.1) is 0 Å². The zero-order chi connectivity index (χ0) is 5.86. The molecule has 5 heteroatoms. The Morgan fingerprint density at radius 3 is 2.25 bits per heavy atom. The fraction of sp³-hybridized carbons (Fsp3) is 0.667. The van der Waals surface area contributed by atoms with Crippen LogP contribution < -0.4 is 40.4 Å². The second-order valence-electron chi connectivity index (χ2n) is 1.08. The second-order valence-corrected chi connectivity index (χ2v) is 1.08. The van der Waals surface area contributed by atoms with Crippen molar-refractivity contribution in [1.82, 2.24) is 0 Å². The Bertz CT molecular complexity index is 79.7. The first-order valence-corrected chi connectivity index (χ1v) is 1.71. The van der Waals surface area contributed by atoms with E-state index in [9.17, 15) is 14.3 Å². The van der Waals surface area contributed by atoms with E-state index in [1.807, 2.05) is 0 Å². The summed E-state index contributed by atoms with van der Waals surface area (Å²) in [5.41, 5.74) is 4.58. The predicted octanol–water partition coefficient (Wildman–Crippen LogP) is -4.96. The van der Waals surface area contributed by atoms with E-state index in [0.717, 1.165) is 0 Å². The Labute approximate surface area is 68.3 Å². The summed E-state index contributed by atoms with van der Waals surface area (Å²) in [5, 5.41) is 9.45. The second kappa shape index (κ2) is 5.50. The molecule has 42 valence electrons. The molecule has 1 atom stereocenters. The topological polar surface area (TPSA) is 66.2 Å². The fourth-order valence-electron chi connectivity index (χ4n) is 0.0630. The summed E-state index contributed by atoms with van der Waals surface area (Å²) < 4.78 is 11.1. The Morgan fingerprint density at radius 1 is 1.88 bits per heavy atom. The molecule has 0 radical (unpaired) electrons. The number of carboxylic acid groups (broad SMARTS) is 1. The minimum absolute atomic E-state index is 0. The average molecular weight is 129 g/mol. The summed E-state index contributed by atoms with van der Waals surface area (Å²) in [7, 11) is 0. The number of nitrogens with two attached hydrogens (primary N) is 1. The molecule has 0 unspecified atom stereocenters. The smallest absolute Gasteiger partial charge is 0.548 e. The third-order valence-electron chi connectivity index (χ3n) is 0.469. The third kappa shape index (κ3) is 4.52. The van der Waals surface area contributed by atoms with E-state index in [0.29, 0.717) is 0 Å². The van der Waals surface area contributed by atoms with Crippen molar-refractivity contribution in [1.29, 1.82) is 0 Å². The molecule has 0 aromatic rings. The van der Waals surface area contributed by atoms with Crippen LogP contribution >= 0.6 is 0 Å². The van der Waals surface area contributed by atoms with Crippen LogP contribution in [0.25, 0.3) is 0 Å². The summed E-state index contributed by atoms with van der Waals surface area (Å²) >= 11 is 0. The van der Waals surface area contributed by atoms with Gasteiger partial charge in [0, 0.05) is 0 Å². The fourth-order valence-corrected chi connectivity index (χ4v) is 0.0630. The Kier molecular flexibility index (Phi) is 7.69. The zero-order valence-corrected chi connectivity index (χ0v) is 6.56. The van der Waals surface area contributed by atoms with Gasteiger partial charge in [0.2, 0.25) is 0 Å². The van der Waals surface area contributed by atoms with Gasteiger partial charge in [0.25, 0.3) is 0 Å². The monoisotopic (exact) mass is 129 g/mol. The SMILES string of the molecule is N[C@H](CF)C(=O)[O-].[Na+]. The van der Waals surface area contributed by atoms with E-state index >= 15 is 0 Å². The van der Waals surface area contributed by atoms with Gasteiger partial charge in [-0.3, -0.25) is 0 Å². The summed E-state index contributed by atoms with van der Waals surface area (Å²) in [6, 6.07) is -1.46. The van der Waals surface area contributed by atoms with Gasteiger partial charge in [-0.2, -0.15) is 0 Å². The summed E-state index contributed by atoms with van der Waals surface area (Å²) in [4.78, 5) is 9.45. The number of carbonyl (C=O) groups excluding carboxylic acids is 1. The number of hydrogen-bond acceptors (Lipinski definition) is 3. The van der Waals surface area contributed by atoms with Gasteiger partial charge in [-0.05, 0) is 0 Å². The molecule has 0 rings (SSSR count). The Balaban J connectivity index is 0. The number of carboxylic acids is 1. The summed E-state index contributed by atoms with van der Waals surface area (Å²) in [6.45, 7) is -1.07. The van der Waals surface area contributed by atoms with Gasteiger partial charge < -0.3 is 15.6 Å². The van der Waals surface area contributed by atoms with Crippen molar-refractivity contribution in [3.63, 3.8) is 0 Å². The molecule has 0 saturated carbocycles. The Morgan fingerprint density at radius 2 is 2.25 bits per heavy atom. The van der Waals surface area contributed by atoms with Gasteiger partial charge >= 0.3 is 29.6 Å². The van der Waals surface area contributed by atoms with Crippen LogP contribution in [0.2, 0.25) is 0 Å². The molecular formula is C3H5FNNaO2. The molecule has 0 aliphatic heterocycles. The number of carbonyl (C=O) groups is 1. The molecule has 0 fully saturated rings. The molecular weight excluding hydrogens is 124 g/mol. The van der Waals surface area contributed by atoms with Crippen LogP contribution in [0.15, 0.2) is 0 Å². The van der Waals surface area contributed by atoms with Crippen LogP contribution in [0.1, 0.15) is 0 Å². The van der Waals surface area contributed by atoms with Gasteiger partial charge in [0.15, 0.2) is 0 Å². The van der Waals surface area contributed by atoms with E-state index in [2.05, 4.69) is 5.73 Å². The van der Waals surface area contributed by atoms with Crippen molar-refractivity contribution in [2.75, 3.05) is 6.67 Å². The average Bonchev–Trinajstić information content (AvgIpc) is 1.65. The minimum Gasteiger partial charge on any atom is -0.548 e. The molecule has 3 nitrogen and oxygen atoms in total. The molecule has 0 bridgehead atoms. The molecule has 0 aliphatic carbocycles. The third-order valence-corrected chi connectivity index (χ3v) is 0.469. The molecule has 8 heavy (non-hydrogen) atoms. The number of halogens is 1. The first kappa shape index (κ1) is 11.2. The zero-order valence-electron chi connectivity index (χ0n) is 4.56. The van der Waals surface area contributed by atoms with Crippen LogP contribution in [-0.2, 0) is 4.79 Å². The maximum atomic E-state index is 11.1. The van der Waals surface area contributed by atoms with E-state index in [-0.39, 0.29) is 29.6 Å². The molecule has 0 aliphatic rings. The standard InChI is InChI=1S/C3H6FNO2.Na/c4-1-2(5)3(6)7;/h2H,1,5H2,(H,6,7);/q;+1/p-1/t2-;/m1./s1. The van der Waals surface area contributed by atoms with Crippen LogP contribution in [-0.4, -0.2) is 18.7 Å². The van der Waals surface area contributed by atoms with Crippen molar-refractivity contribution < 1.29 is 43.8 Å². The quantitative estimate of drug-likeness (QED) is 0.380. The number of aliphatic carboxylic acids is 1. The van der Waals surface area contributed by atoms with Crippen LogP contribution in [0.5, 0.6) is 0 Å². The van der Waals surface area contributed by atoms with E-state index in [1.54, 1.807) is 0 Å². The predicted molar refractivity (Wildman–Crippen MR) is 19.0 cm³/mol. The molecule has 0 spiro atoms. The summed E-state index contributed by atoms with van der Waals surface area (Å²) in [5.74, 6) is -1.55. The van der Waals surface area contributed by atoms with E-state index in [4.69, 9.17) is 0 Å². The minimum atomic E-state index is -1.55. The van der Waals surface area contributed by atoms with Crippen molar-refractivity contribution in [2.24, 2.45) is 5.73 Å². The maximum absolute atomic E-state index is 11.1. The van der Waals surface area contributed by atoms with Crippen molar-refractivity contribution in [3.8, 4) is 0 Å². The molecule has 0 aromatic carbocycles. The van der Waals surface area contributed by atoms with Crippen molar-refractivity contribution in [3.05, 3.63) is 0 Å². The number of hydrogen-bond donors (Lipinski definition) is 1. The molecule has 0 aromatic heterocycles. The first-order chi connectivity index (χ1) is 3.18. The van der Waals surface area contributed by atoms with Crippen molar-refractivity contribution in [2.45, 2.75) is 6.04 Å². The van der Waals surface area contributed by atoms with Gasteiger partial charge in [0.1, 0.15) is 6.67 Å². The Hall–Kier alpha value is 0.360. The first-order valence-electron chi connectivity index (χ1n) is 1.71. The molecule has 0 amide bonds. The maximum Gasteiger partial charge on any atom is 1.00 e. The molecule has 0 saturated heterocycles. The largest absolute Gasteiger partial charge is 1.00 e. The van der Waals surface area contributed by atoms with Crippen LogP contribution in [0.4, 0.5) is 4.39 Å². The normalized spacial score (nSPS) is 11.8. The van der Waals surface area contributed by atoms with Crippen LogP contribution in [0.3, 0.4) is 0 Å². The number of alkyl halides is 1. The van der Waals surface area contributed by atoms with Gasteiger partial charge in [0.05, 0.1) is 12.0 Å². The molecule has 2 N–H and O–H groups in total.